The fourth-order valence-corrected chi connectivity index (χ4v) is 4.39. The second-order valence-electron chi connectivity index (χ2n) is 4.51. The van der Waals surface area contributed by atoms with Crippen LogP contribution >= 0.6 is 61.5 Å². The SMILES string of the molecule is CCNc1nc(-c2cc(Br)c(Cl)s2)nc(C(C)C)c1I. The van der Waals surface area contributed by atoms with Crippen molar-refractivity contribution in [1.29, 1.82) is 0 Å². The molecule has 0 amide bonds. The third kappa shape index (κ3) is 3.45. The van der Waals surface area contributed by atoms with E-state index in [2.05, 4.69) is 69.6 Å². The molecule has 0 saturated heterocycles. The monoisotopic (exact) mass is 485 g/mol. The molecule has 1 N–H and O–H groups in total. The summed E-state index contributed by atoms with van der Waals surface area (Å²) in [4.78, 5) is 10.3. The number of nitrogens with one attached hydrogen (secondary N) is 1. The van der Waals surface area contributed by atoms with Crippen molar-refractivity contribution in [1.82, 2.24) is 9.97 Å². The van der Waals surface area contributed by atoms with Crippen LogP contribution in [0, 0.1) is 3.57 Å². The van der Waals surface area contributed by atoms with Crippen molar-refractivity contribution < 1.29 is 0 Å². The van der Waals surface area contributed by atoms with Gasteiger partial charge in [-0.25, -0.2) is 9.97 Å². The molecule has 2 aromatic heterocycles. The molecule has 0 saturated carbocycles. The Morgan fingerprint density at radius 2 is 2.15 bits per heavy atom. The highest BCUT2D eigenvalue weighted by atomic mass is 127. The van der Waals surface area contributed by atoms with E-state index < -0.39 is 0 Å². The molecular formula is C13H14BrClIN3S. The lowest BCUT2D eigenvalue weighted by molar-refractivity contribution is 0.809. The van der Waals surface area contributed by atoms with Gasteiger partial charge in [-0.2, -0.15) is 0 Å². The minimum absolute atomic E-state index is 0.347. The normalized spacial score (nSPS) is 11.2. The molecule has 0 aliphatic carbocycles. The number of rotatable bonds is 4. The van der Waals surface area contributed by atoms with Crippen LogP contribution in [0.15, 0.2) is 10.5 Å². The summed E-state index contributed by atoms with van der Waals surface area (Å²) in [6.07, 6.45) is 0. The van der Waals surface area contributed by atoms with Crippen molar-refractivity contribution in [3.05, 3.63) is 24.1 Å². The third-order valence-corrected chi connectivity index (χ3v) is 6.17. The first-order valence-electron chi connectivity index (χ1n) is 6.20. The van der Waals surface area contributed by atoms with Crippen LogP contribution in [0.4, 0.5) is 5.82 Å². The number of halogens is 3. The van der Waals surface area contributed by atoms with Gasteiger partial charge in [-0.1, -0.05) is 25.4 Å². The number of aromatic nitrogens is 2. The zero-order valence-electron chi connectivity index (χ0n) is 11.3. The van der Waals surface area contributed by atoms with Gasteiger partial charge in [0.1, 0.15) is 10.2 Å². The maximum Gasteiger partial charge on any atom is 0.172 e. The van der Waals surface area contributed by atoms with Gasteiger partial charge in [-0.3, -0.25) is 0 Å². The topological polar surface area (TPSA) is 37.8 Å². The van der Waals surface area contributed by atoms with Crippen molar-refractivity contribution >= 4 is 67.3 Å². The minimum atomic E-state index is 0.347. The average Bonchev–Trinajstić information content (AvgIpc) is 2.72. The van der Waals surface area contributed by atoms with Crippen molar-refractivity contribution in [3.63, 3.8) is 0 Å². The zero-order valence-corrected chi connectivity index (χ0v) is 16.6. The maximum atomic E-state index is 6.11. The number of thiophene rings is 1. The van der Waals surface area contributed by atoms with Crippen LogP contribution in [0.1, 0.15) is 32.4 Å². The van der Waals surface area contributed by atoms with Crippen LogP contribution in [-0.2, 0) is 0 Å². The van der Waals surface area contributed by atoms with E-state index in [4.69, 9.17) is 16.6 Å². The van der Waals surface area contributed by atoms with E-state index >= 15 is 0 Å². The van der Waals surface area contributed by atoms with E-state index in [0.29, 0.717) is 5.92 Å². The zero-order chi connectivity index (χ0) is 14.9. The van der Waals surface area contributed by atoms with Crippen LogP contribution in [-0.4, -0.2) is 16.5 Å². The molecule has 0 atom stereocenters. The van der Waals surface area contributed by atoms with Crippen molar-refractivity contribution in [2.45, 2.75) is 26.7 Å². The minimum Gasteiger partial charge on any atom is -0.369 e. The summed E-state index contributed by atoms with van der Waals surface area (Å²) in [6, 6.07) is 1.97. The van der Waals surface area contributed by atoms with Crippen LogP contribution in [0.5, 0.6) is 0 Å². The highest BCUT2D eigenvalue weighted by molar-refractivity contribution is 14.1. The molecule has 20 heavy (non-hydrogen) atoms. The molecule has 0 bridgehead atoms. The molecule has 0 aromatic carbocycles. The molecule has 0 radical (unpaired) electrons. The fourth-order valence-electron chi connectivity index (χ4n) is 1.70. The number of anilines is 1. The predicted octanol–water partition coefficient (Wildman–Crippen LogP) is 5.78. The third-order valence-electron chi connectivity index (χ3n) is 2.63. The molecule has 0 spiro atoms. The first-order valence-corrected chi connectivity index (χ1v) is 9.27. The molecule has 2 aromatic rings. The Morgan fingerprint density at radius 3 is 2.65 bits per heavy atom. The highest BCUT2D eigenvalue weighted by Gasteiger charge is 2.17. The Kier molecular flexibility index (Phi) is 5.67. The van der Waals surface area contributed by atoms with E-state index in [9.17, 15) is 0 Å². The van der Waals surface area contributed by atoms with Crippen LogP contribution in [0.25, 0.3) is 10.7 Å². The predicted molar refractivity (Wildman–Crippen MR) is 99.0 cm³/mol. The average molecular weight is 487 g/mol. The second-order valence-corrected chi connectivity index (χ2v) is 8.10. The summed E-state index contributed by atoms with van der Waals surface area (Å²) in [5, 5.41) is 3.30. The summed E-state index contributed by atoms with van der Waals surface area (Å²) in [5.41, 5.74) is 1.06. The van der Waals surface area contributed by atoms with Crippen molar-refractivity contribution in [3.8, 4) is 10.7 Å². The summed E-state index contributed by atoms with van der Waals surface area (Å²) in [6.45, 7) is 7.17. The van der Waals surface area contributed by atoms with Crippen LogP contribution in [0.2, 0.25) is 4.34 Å². The van der Waals surface area contributed by atoms with Gasteiger partial charge in [-0.05, 0) is 57.4 Å². The Hall–Kier alpha value is 0.0800. The Labute approximate surface area is 149 Å². The van der Waals surface area contributed by atoms with Crippen molar-refractivity contribution in [2.75, 3.05) is 11.9 Å². The molecule has 0 aliphatic rings. The summed E-state index contributed by atoms with van der Waals surface area (Å²) >= 11 is 13.3. The van der Waals surface area contributed by atoms with Gasteiger partial charge in [-0.15, -0.1) is 11.3 Å². The lowest BCUT2D eigenvalue weighted by Crippen LogP contribution is -2.08. The molecule has 0 unspecified atom stereocenters. The molecule has 108 valence electrons. The lowest BCUT2D eigenvalue weighted by Gasteiger charge is -2.13. The summed E-state index contributed by atoms with van der Waals surface area (Å²) < 4.78 is 2.69. The van der Waals surface area contributed by atoms with Gasteiger partial charge in [0.25, 0.3) is 0 Å². The Morgan fingerprint density at radius 1 is 1.45 bits per heavy atom. The first kappa shape index (κ1) is 16.5. The van der Waals surface area contributed by atoms with E-state index in [1.54, 1.807) is 0 Å². The molecule has 3 nitrogen and oxygen atoms in total. The largest absolute Gasteiger partial charge is 0.369 e. The van der Waals surface area contributed by atoms with E-state index in [1.165, 1.54) is 11.3 Å². The van der Waals surface area contributed by atoms with Crippen LogP contribution in [0.3, 0.4) is 0 Å². The van der Waals surface area contributed by atoms with Crippen LogP contribution < -0.4 is 5.32 Å². The number of hydrogen-bond donors (Lipinski definition) is 1. The van der Waals surface area contributed by atoms with Gasteiger partial charge >= 0.3 is 0 Å². The smallest absolute Gasteiger partial charge is 0.172 e. The van der Waals surface area contributed by atoms with Gasteiger partial charge in [0.2, 0.25) is 0 Å². The Balaban J connectivity index is 2.58. The summed E-state index contributed by atoms with van der Waals surface area (Å²) in [7, 11) is 0. The maximum absolute atomic E-state index is 6.11. The molecule has 7 heteroatoms. The van der Waals surface area contributed by atoms with Gasteiger partial charge in [0.15, 0.2) is 5.82 Å². The second kappa shape index (κ2) is 6.89. The van der Waals surface area contributed by atoms with E-state index in [0.717, 1.165) is 41.1 Å². The van der Waals surface area contributed by atoms with Gasteiger partial charge in [0, 0.05) is 11.0 Å². The molecule has 0 fully saturated rings. The fraction of sp³-hybridized carbons (Fsp3) is 0.385. The lowest BCUT2D eigenvalue weighted by atomic mass is 10.1. The number of nitrogens with zero attached hydrogens (tertiary/aromatic N) is 2. The quantitative estimate of drug-likeness (QED) is 0.557. The molecule has 2 rings (SSSR count). The van der Waals surface area contributed by atoms with Gasteiger partial charge in [0.05, 0.1) is 14.1 Å². The highest BCUT2D eigenvalue weighted by Crippen LogP contribution is 2.38. The molecule has 2 heterocycles. The molecule has 0 aliphatic heterocycles. The van der Waals surface area contributed by atoms with E-state index in [-0.39, 0.29) is 0 Å². The standard InChI is InChI=1S/C13H14BrClIN3S/c1-4-17-13-9(16)10(6(2)3)18-12(19-13)8-5-7(14)11(15)20-8/h5-6H,4H2,1-3H3,(H,17,18,19). The Bertz CT molecular complexity index is 611. The first-order chi connectivity index (χ1) is 9.43. The number of hydrogen-bond acceptors (Lipinski definition) is 4. The van der Waals surface area contributed by atoms with E-state index in [1.807, 2.05) is 6.07 Å². The summed E-state index contributed by atoms with van der Waals surface area (Å²) in [5.74, 6) is 1.96. The van der Waals surface area contributed by atoms with Gasteiger partial charge < -0.3 is 5.32 Å². The molecular weight excluding hydrogens is 472 g/mol. The van der Waals surface area contributed by atoms with Crippen molar-refractivity contribution in [2.24, 2.45) is 0 Å².